The Morgan fingerprint density at radius 3 is 2.46 bits per heavy atom. The maximum Gasteiger partial charge on any atom is 0.256 e. The van der Waals surface area contributed by atoms with Gasteiger partial charge in [-0.2, -0.15) is 0 Å². The number of hydrogen-bond acceptors (Lipinski definition) is 4. The molecule has 26 heavy (non-hydrogen) atoms. The Morgan fingerprint density at radius 1 is 1.00 bits per heavy atom. The number of carbonyl (C=O) groups excluding carboxylic acids is 1. The van der Waals surface area contributed by atoms with Gasteiger partial charge >= 0.3 is 0 Å². The molecular formula is C19H16N6O. The predicted molar refractivity (Wildman–Crippen MR) is 97.6 cm³/mol. The molecule has 3 heterocycles. The lowest BCUT2D eigenvalue weighted by Gasteiger charge is -2.08. The highest BCUT2D eigenvalue weighted by Gasteiger charge is 2.09. The smallest absolute Gasteiger partial charge is 0.256 e. The van der Waals surface area contributed by atoms with Crippen LogP contribution in [0, 0.1) is 6.92 Å². The van der Waals surface area contributed by atoms with Gasteiger partial charge in [0, 0.05) is 42.1 Å². The molecule has 0 radical (unpaired) electrons. The zero-order valence-electron chi connectivity index (χ0n) is 14.1. The monoisotopic (exact) mass is 344 g/mol. The van der Waals surface area contributed by atoms with E-state index in [1.165, 1.54) is 6.33 Å². The first-order valence-corrected chi connectivity index (χ1v) is 8.08. The van der Waals surface area contributed by atoms with Gasteiger partial charge in [0.25, 0.3) is 5.91 Å². The summed E-state index contributed by atoms with van der Waals surface area (Å²) in [7, 11) is 0. The molecule has 1 amide bonds. The summed E-state index contributed by atoms with van der Waals surface area (Å²) in [5.41, 5.74) is 1.55. The first-order chi connectivity index (χ1) is 12.7. The normalized spacial score (nSPS) is 10.7. The van der Waals surface area contributed by atoms with Crippen molar-refractivity contribution in [1.82, 2.24) is 24.1 Å². The van der Waals surface area contributed by atoms with E-state index in [4.69, 9.17) is 0 Å². The Bertz CT molecular complexity index is 1030. The number of amides is 1. The highest BCUT2D eigenvalue weighted by atomic mass is 16.1. The molecule has 1 N–H and O–H groups in total. The molecule has 0 fully saturated rings. The van der Waals surface area contributed by atoms with Crippen molar-refractivity contribution in [2.24, 2.45) is 0 Å². The van der Waals surface area contributed by atoms with Crippen LogP contribution in [0.4, 0.5) is 5.82 Å². The van der Waals surface area contributed by atoms with Gasteiger partial charge in [-0.1, -0.05) is 0 Å². The van der Waals surface area contributed by atoms with Crippen LogP contribution in [0.2, 0.25) is 0 Å². The minimum Gasteiger partial charge on any atom is -0.324 e. The van der Waals surface area contributed by atoms with Crippen molar-refractivity contribution in [3.8, 4) is 11.5 Å². The number of nitrogens with one attached hydrogen (secondary N) is 1. The van der Waals surface area contributed by atoms with E-state index in [2.05, 4.69) is 20.3 Å². The Balaban J connectivity index is 1.52. The zero-order valence-corrected chi connectivity index (χ0v) is 14.1. The molecule has 0 aliphatic heterocycles. The molecule has 4 aromatic rings. The van der Waals surface area contributed by atoms with Crippen LogP contribution in [0.25, 0.3) is 11.5 Å². The highest BCUT2D eigenvalue weighted by Crippen LogP contribution is 2.14. The Hall–Kier alpha value is -3.74. The van der Waals surface area contributed by atoms with Gasteiger partial charge in [-0.15, -0.1) is 0 Å². The molecule has 0 atom stereocenters. The molecule has 128 valence electrons. The van der Waals surface area contributed by atoms with Gasteiger partial charge in [-0.25, -0.2) is 15.0 Å². The van der Waals surface area contributed by atoms with Crippen molar-refractivity contribution in [2.75, 3.05) is 5.32 Å². The van der Waals surface area contributed by atoms with Gasteiger partial charge in [-0.05, 0) is 43.3 Å². The number of aromatic nitrogens is 5. The molecule has 0 saturated heterocycles. The third-order valence-electron chi connectivity index (χ3n) is 4.00. The number of hydrogen-bond donors (Lipinski definition) is 1. The SMILES string of the molecule is Cc1nccn1-c1cc(NC(=O)c2ccc(-n3cccc3)cc2)ncn1. The van der Waals surface area contributed by atoms with Crippen molar-refractivity contribution in [3.05, 3.63) is 85.0 Å². The second kappa shape index (κ2) is 6.64. The van der Waals surface area contributed by atoms with Crippen LogP contribution in [0.3, 0.4) is 0 Å². The molecular weight excluding hydrogens is 328 g/mol. The lowest BCUT2D eigenvalue weighted by atomic mass is 10.2. The molecule has 0 aliphatic rings. The predicted octanol–water partition coefficient (Wildman–Crippen LogP) is 3.01. The fourth-order valence-corrected chi connectivity index (χ4v) is 2.65. The molecule has 0 bridgehead atoms. The fourth-order valence-electron chi connectivity index (χ4n) is 2.65. The van der Waals surface area contributed by atoms with Gasteiger partial charge < -0.3 is 9.88 Å². The van der Waals surface area contributed by atoms with Gasteiger partial charge in [0.05, 0.1) is 0 Å². The molecule has 0 aliphatic carbocycles. The van der Waals surface area contributed by atoms with Crippen LogP contribution >= 0.6 is 0 Å². The van der Waals surface area contributed by atoms with Crippen molar-refractivity contribution in [1.29, 1.82) is 0 Å². The van der Waals surface area contributed by atoms with Gasteiger partial charge in [0.2, 0.25) is 0 Å². The van der Waals surface area contributed by atoms with Crippen molar-refractivity contribution in [2.45, 2.75) is 6.92 Å². The number of aryl methyl sites for hydroxylation is 1. The van der Waals surface area contributed by atoms with Gasteiger partial charge in [0.15, 0.2) is 0 Å². The fraction of sp³-hybridized carbons (Fsp3) is 0.0526. The molecule has 0 saturated carbocycles. The average Bonchev–Trinajstić information content (AvgIpc) is 3.34. The van der Waals surface area contributed by atoms with E-state index in [0.717, 1.165) is 11.5 Å². The zero-order chi connectivity index (χ0) is 17.9. The van der Waals surface area contributed by atoms with Crippen molar-refractivity contribution >= 4 is 11.7 Å². The number of imidazole rings is 1. The van der Waals surface area contributed by atoms with Crippen LogP contribution in [-0.2, 0) is 0 Å². The standard InChI is InChI=1S/C19H16N6O/c1-14-20-8-11-25(14)18-12-17(21-13-22-18)23-19(26)15-4-6-16(7-5-15)24-9-2-3-10-24/h2-13H,1H3,(H,21,22,23,26). The van der Waals surface area contributed by atoms with Crippen LogP contribution in [0.1, 0.15) is 16.2 Å². The van der Waals surface area contributed by atoms with Gasteiger partial charge in [-0.3, -0.25) is 9.36 Å². The Kier molecular flexibility index (Phi) is 4.03. The summed E-state index contributed by atoms with van der Waals surface area (Å²) >= 11 is 0. The van der Waals surface area contributed by atoms with Crippen LogP contribution in [-0.4, -0.2) is 30.0 Å². The van der Waals surface area contributed by atoms with Crippen molar-refractivity contribution < 1.29 is 4.79 Å². The molecule has 0 spiro atoms. The van der Waals surface area contributed by atoms with E-state index in [9.17, 15) is 4.79 Å². The molecule has 0 unspecified atom stereocenters. The quantitative estimate of drug-likeness (QED) is 0.617. The van der Waals surface area contributed by atoms with Crippen LogP contribution in [0.5, 0.6) is 0 Å². The number of carbonyl (C=O) groups is 1. The summed E-state index contributed by atoms with van der Waals surface area (Å²) < 4.78 is 3.80. The van der Waals surface area contributed by atoms with E-state index < -0.39 is 0 Å². The third kappa shape index (κ3) is 3.10. The van der Waals surface area contributed by atoms with E-state index >= 15 is 0 Å². The first-order valence-electron chi connectivity index (χ1n) is 8.08. The molecule has 3 aromatic heterocycles. The summed E-state index contributed by atoms with van der Waals surface area (Å²) in [6, 6.07) is 13.0. The minimum absolute atomic E-state index is 0.226. The summed E-state index contributed by atoms with van der Waals surface area (Å²) in [6.45, 7) is 1.88. The third-order valence-corrected chi connectivity index (χ3v) is 4.00. The van der Waals surface area contributed by atoms with E-state index in [1.54, 1.807) is 24.4 Å². The van der Waals surface area contributed by atoms with Crippen molar-refractivity contribution in [3.63, 3.8) is 0 Å². The van der Waals surface area contributed by atoms with E-state index in [-0.39, 0.29) is 5.91 Å². The number of benzene rings is 1. The maximum atomic E-state index is 12.5. The molecule has 4 rings (SSSR count). The topological polar surface area (TPSA) is 77.6 Å². The Labute approximate surface area is 150 Å². The summed E-state index contributed by atoms with van der Waals surface area (Å²) in [6.07, 6.45) is 8.83. The Morgan fingerprint density at radius 2 is 1.77 bits per heavy atom. The number of anilines is 1. The lowest BCUT2D eigenvalue weighted by molar-refractivity contribution is 0.102. The van der Waals surface area contributed by atoms with Crippen LogP contribution in [0.15, 0.2) is 73.6 Å². The lowest BCUT2D eigenvalue weighted by Crippen LogP contribution is -2.13. The molecule has 1 aromatic carbocycles. The number of nitrogens with zero attached hydrogens (tertiary/aromatic N) is 5. The average molecular weight is 344 g/mol. The minimum atomic E-state index is -0.226. The van der Waals surface area contributed by atoms with Crippen LogP contribution < -0.4 is 5.32 Å². The summed E-state index contributed by atoms with van der Waals surface area (Å²) in [5, 5.41) is 2.80. The maximum absolute atomic E-state index is 12.5. The number of rotatable bonds is 4. The second-order valence-electron chi connectivity index (χ2n) is 5.70. The first kappa shape index (κ1) is 15.8. The molecule has 7 heteroatoms. The van der Waals surface area contributed by atoms with E-state index in [0.29, 0.717) is 17.2 Å². The molecule has 7 nitrogen and oxygen atoms in total. The summed E-state index contributed by atoms with van der Waals surface area (Å²) in [5.74, 6) is 1.66. The second-order valence-corrected chi connectivity index (χ2v) is 5.70. The van der Waals surface area contributed by atoms with E-state index in [1.807, 2.05) is 58.9 Å². The largest absolute Gasteiger partial charge is 0.324 e. The highest BCUT2D eigenvalue weighted by molar-refractivity contribution is 6.03. The summed E-state index contributed by atoms with van der Waals surface area (Å²) in [4.78, 5) is 25.0. The van der Waals surface area contributed by atoms with Gasteiger partial charge in [0.1, 0.15) is 23.8 Å².